The highest BCUT2D eigenvalue weighted by molar-refractivity contribution is 5.19. The Bertz CT molecular complexity index is 190. The number of methoxy groups -OCH3 is 1. The molecular weight excluding hydrogens is 174 g/mol. The first-order chi connectivity index (χ1) is 6.65. The second-order valence-electron chi connectivity index (χ2n) is 3.60. The first-order valence-electron chi connectivity index (χ1n) is 5.35. The van der Waals surface area contributed by atoms with Gasteiger partial charge in [0.2, 0.25) is 0 Å². The summed E-state index contributed by atoms with van der Waals surface area (Å²) in [6, 6.07) is 0. The van der Waals surface area contributed by atoms with Crippen LogP contribution in [0.15, 0.2) is 24.1 Å². The SMILES string of the molecule is C=C(/C=C(/N)OC)C(CCC)CCC. The largest absolute Gasteiger partial charge is 0.483 e. The molecule has 0 saturated heterocycles. The average molecular weight is 197 g/mol. The Hall–Kier alpha value is -0.920. The van der Waals surface area contributed by atoms with Crippen molar-refractivity contribution in [2.24, 2.45) is 11.7 Å². The quantitative estimate of drug-likeness (QED) is 0.502. The number of rotatable bonds is 7. The molecule has 0 aromatic carbocycles. The molecule has 0 fully saturated rings. The summed E-state index contributed by atoms with van der Waals surface area (Å²) >= 11 is 0. The third kappa shape index (κ3) is 4.95. The summed E-state index contributed by atoms with van der Waals surface area (Å²) < 4.78 is 4.91. The summed E-state index contributed by atoms with van der Waals surface area (Å²) in [7, 11) is 1.58. The van der Waals surface area contributed by atoms with E-state index in [9.17, 15) is 0 Å². The van der Waals surface area contributed by atoms with Crippen molar-refractivity contribution < 1.29 is 4.74 Å². The fourth-order valence-corrected chi connectivity index (χ4v) is 1.57. The minimum atomic E-state index is 0.451. The molecule has 0 aliphatic carbocycles. The van der Waals surface area contributed by atoms with Gasteiger partial charge >= 0.3 is 0 Å². The van der Waals surface area contributed by atoms with Crippen LogP contribution in [0.2, 0.25) is 0 Å². The first-order valence-corrected chi connectivity index (χ1v) is 5.35. The lowest BCUT2D eigenvalue weighted by Crippen LogP contribution is -2.05. The van der Waals surface area contributed by atoms with Gasteiger partial charge in [-0.05, 0) is 24.3 Å². The zero-order valence-electron chi connectivity index (χ0n) is 9.68. The molecule has 0 aromatic heterocycles. The van der Waals surface area contributed by atoms with E-state index in [0.29, 0.717) is 11.8 Å². The van der Waals surface area contributed by atoms with Crippen LogP contribution in [0, 0.1) is 5.92 Å². The molecule has 2 heteroatoms. The Labute approximate surface area is 87.8 Å². The maximum atomic E-state index is 5.58. The number of ether oxygens (including phenoxy) is 1. The van der Waals surface area contributed by atoms with Crippen molar-refractivity contribution in [2.75, 3.05) is 7.11 Å². The number of hydrogen-bond donors (Lipinski definition) is 1. The second-order valence-corrected chi connectivity index (χ2v) is 3.60. The highest BCUT2D eigenvalue weighted by Crippen LogP contribution is 2.22. The fraction of sp³-hybridized carbons (Fsp3) is 0.667. The molecule has 0 aromatic rings. The summed E-state index contributed by atoms with van der Waals surface area (Å²) in [5, 5.41) is 0. The van der Waals surface area contributed by atoms with E-state index in [4.69, 9.17) is 10.5 Å². The average Bonchev–Trinajstić information content (AvgIpc) is 2.17. The Kier molecular flexibility index (Phi) is 6.99. The molecule has 0 unspecified atom stereocenters. The summed E-state index contributed by atoms with van der Waals surface area (Å²) in [4.78, 5) is 0. The summed E-state index contributed by atoms with van der Waals surface area (Å²) in [5.74, 6) is 1.01. The molecular formula is C12H23NO. The van der Waals surface area contributed by atoms with Gasteiger partial charge in [-0.15, -0.1) is 0 Å². The van der Waals surface area contributed by atoms with Crippen LogP contribution in [0.1, 0.15) is 39.5 Å². The van der Waals surface area contributed by atoms with Crippen molar-refractivity contribution in [3.8, 4) is 0 Å². The lowest BCUT2D eigenvalue weighted by atomic mass is 9.91. The molecule has 0 spiro atoms. The van der Waals surface area contributed by atoms with Gasteiger partial charge in [0.05, 0.1) is 7.11 Å². The van der Waals surface area contributed by atoms with Crippen LogP contribution in [-0.4, -0.2) is 7.11 Å². The molecule has 0 heterocycles. The molecule has 82 valence electrons. The Morgan fingerprint density at radius 3 is 2.21 bits per heavy atom. The van der Waals surface area contributed by atoms with E-state index in [1.54, 1.807) is 7.11 Å². The van der Waals surface area contributed by atoms with E-state index in [1.165, 1.54) is 25.7 Å². The third-order valence-corrected chi connectivity index (χ3v) is 2.36. The monoisotopic (exact) mass is 197 g/mol. The van der Waals surface area contributed by atoms with Gasteiger partial charge in [0.1, 0.15) is 0 Å². The maximum Gasteiger partial charge on any atom is 0.183 e. The lowest BCUT2D eigenvalue weighted by Gasteiger charge is -2.15. The molecule has 2 nitrogen and oxygen atoms in total. The number of allylic oxidation sites excluding steroid dienone is 2. The topological polar surface area (TPSA) is 35.2 Å². The van der Waals surface area contributed by atoms with E-state index in [-0.39, 0.29) is 0 Å². The van der Waals surface area contributed by atoms with Crippen molar-refractivity contribution in [1.82, 2.24) is 0 Å². The predicted octanol–water partition coefficient (Wildman–Crippen LogP) is 3.21. The zero-order chi connectivity index (χ0) is 11.0. The summed E-state index contributed by atoms with van der Waals surface area (Å²) in [6.45, 7) is 8.43. The molecule has 0 rings (SSSR count). The number of nitrogens with two attached hydrogens (primary N) is 1. The third-order valence-electron chi connectivity index (χ3n) is 2.36. The molecule has 0 aliphatic heterocycles. The minimum Gasteiger partial charge on any atom is -0.483 e. The van der Waals surface area contributed by atoms with Crippen LogP contribution in [0.4, 0.5) is 0 Å². The van der Waals surface area contributed by atoms with Gasteiger partial charge in [-0.3, -0.25) is 0 Å². The summed E-state index contributed by atoms with van der Waals surface area (Å²) in [6.07, 6.45) is 6.57. The van der Waals surface area contributed by atoms with Gasteiger partial charge in [-0.2, -0.15) is 0 Å². The van der Waals surface area contributed by atoms with E-state index in [0.717, 1.165) is 5.57 Å². The second kappa shape index (κ2) is 7.48. The van der Waals surface area contributed by atoms with Crippen molar-refractivity contribution in [2.45, 2.75) is 39.5 Å². The Morgan fingerprint density at radius 2 is 1.86 bits per heavy atom. The highest BCUT2D eigenvalue weighted by atomic mass is 16.5. The number of hydrogen-bond acceptors (Lipinski definition) is 2. The highest BCUT2D eigenvalue weighted by Gasteiger charge is 2.09. The van der Waals surface area contributed by atoms with Gasteiger partial charge in [-0.1, -0.05) is 33.3 Å². The molecule has 0 radical (unpaired) electrons. The van der Waals surface area contributed by atoms with E-state index >= 15 is 0 Å². The van der Waals surface area contributed by atoms with Gasteiger partial charge in [0.25, 0.3) is 0 Å². The smallest absolute Gasteiger partial charge is 0.183 e. The molecule has 0 amide bonds. The summed E-state index contributed by atoms with van der Waals surface area (Å²) in [5.41, 5.74) is 6.67. The van der Waals surface area contributed by atoms with E-state index < -0.39 is 0 Å². The Morgan fingerprint density at radius 1 is 1.36 bits per heavy atom. The first kappa shape index (κ1) is 13.1. The lowest BCUT2D eigenvalue weighted by molar-refractivity contribution is 0.286. The van der Waals surface area contributed by atoms with Crippen LogP contribution in [0.5, 0.6) is 0 Å². The normalized spacial score (nSPS) is 11.9. The minimum absolute atomic E-state index is 0.451. The van der Waals surface area contributed by atoms with Crippen molar-refractivity contribution in [3.63, 3.8) is 0 Å². The molecule has 0 aliphatic rings. The van der Waals surface area contributed by atoms with Gasteiger partial charge in [-0.25, -0.2) is 0 Å². The van der Waals surface area contributed by atoms with Gasteiger partial charge in [0, 0.05) is 6.08 Å². The van der Waals surface area contributed by atoms with Crippen LogP contribution in [0.3, 0.4) is 0 Å². The maximum absolute atomic E-state index is 5.58. The van der Waals surface area contributed by atoms with E-state index in [1.807, 2.05) is 6.08 Å². The van der Waals surface area contributed by atoms with Gasteiger partial charge in [0.15, 0.2) is 5.88 Å². The van der Waals surface area contributed by atoms with Crippen molar-refractivity contribution in [1.29, 1.82) is 0 Å². The molecule has 0 bridgehead atoms. The molecule has 14 heavy (non-hydrogen) atoms. The molecule has 0 saturated carbocycles. The van der Waals surface area contributed by atoms with Gasteiger partial charge < -0.3 is 10.5 Å². The van der Waals surface area contributed by atoms with Crippen LogP contribution >= 0.6 is 0 Å². The van der Waals surface area contributed by atoms with Crippen molar-refractivity contribution in [3.05, 3.63) is 24.1 Å². The zero-order valence-corrected chi connectivity index (χ0v) is 9.68. The standard InChI is InChI=1S/C12H23NO/c1-5-7-11(8-6-2)10(3)9-12(13)14-4/h9,11H,3,5-8,13H2,1-2,4H3/b12-9-. The van der Waals surface area contributed by atoms with Crippen LogP contribution < -0.4 is 5.73 Å². The molecule has 2 N–H and O–H groups in total. The van der Waals surface area contributed by atoms with Crippen LogP contribution in [-0.2, 0) is 4.74 Å². The Balaban J connectivity index is 4.27. The predicted molar refractivity (Wildman–Crippen MR) is 61.7 cm³/mol. The molecule has 0 atom stereocenters. The van der Waals surface area contributed by atoms with Crippen molar-refractivity contribution >= 4 is 0 Å². The fourth-order valence-electron chi connectivity index (χ4n) is 1.57. The van der Waals surface area contributed by atoms with Crippen LogP contribution in [0.25, 0.3) is 0 Å². The van der Waals surface area contributed by atoms with E-state index in [2.05, 4.69) is 20.4 Å².